The zero-order chi connectivity index (χ0) is 13.5. The lowest BCUT2D eigenvalue weighted by atomic mass is 9.99. The third-order valence-corrected chi connectivity index (χ3v) is 2.74. The number of rotatable bonds is 1. The van der Waals surface area contributed by atoms with Gasteiger partial charge in [0.1, 0.15) is 11.7 Å². The van der Waals surface area contributed by atoms with Crippen molar-refractivity contribution in [2.24, 2.45) is 10.8 Å². The molecule has 98 valence electrons. The Hall–Kier alpha value is -1.76. The van der Waals surface area contributed by atoms with Gasteiger partial charge in [-0.15, -0.1) is 0 Å². The molecule has 1 heterocycles. The Balaban J connectivity index is 2.64. The smallest absolute Gasteiger partial charge is 0.266 e. The molecule has 0 atom stereocenters. The van der Waals surface area contributed by atoms with Gasteiger partial charge >= 0.3 is 0 Å². The van der Waals surface area contributed by atoms with Crippen molar-refractivity contribution < 1.29 is 13.2 Å². The minimum atomic E-state index is -2.81. The van der Waals surface area contributed by atoms with E-state index >= 15 is 0 Å². The molecule has 0 aliphatic carbocycles. The Kier molecular flexibility index (Phi) is 2.94. The van der Waals surface area contributed by atoms with E-state index in [0.717, 1.165) is 12.1 Å². The molecule has 0 spiro atoms. The molecule has 1 aromatic carbocycles. The second kappa shape index (κ2) is 4.16. The van der Waals surface area contributed by atoms with Crippen LogP contribution in [0.25, 0.3) is 0 Å². The van der Waals surface area contributed by atoms with E-state index in [1.54, 1.807) is 13.8 Å². The summed E-state index contributed by atoms with van der Waals surface area (Å²) in [5.74, 6) is 4.89. The summed E-state index contributed by atoms with van der Waals surface area (Å²) in [5.41, 5.74) is 1.46. The standard InChI is InChI=1S/C11H13F3N4/c1-11(2)10(18-15)16-8-6(9(13)14)3-5(12)4-7(8)17-11/h3-4,9,17H,15H2,1-2H3,(H,16,18). The van der Waals surface area contributed by atoms with Gasteiger partial charge in [-0.1, -0.05) is 0 Å². The molecule has 0 bridgehead atoms. The van der Waals surface area contributed by atoms with Gasteiger partial charge in [-0.05, 0) is 26.0 Å². The van der Waals surface area contributed by atoms with Crippen LogP contribution < -0.4 is 16.6 Å². The summed E-state index contributed by atoms with van der Waals surface area (Å²) >= 11 is 0. The normalized spacial score (nSPS) is 16.9. The number of nitrogens with zero attached hydrogens (tertiary/aromatic N) is 1. The van der Waals surface area contributed by atoms with Crippen LogP contribution in [0.5, 0.6) is 0 Å². The monoisotopic (exact) mass is 258 g/mol. The predicted octanol–water partition coefficient (Wildman–Crippen LogP) is 2.46. The molecule has 18 heavy (non-hydrogen) atoms. The van der Waals surface area contributed by atoms with Crippen molar-refractivity contribution in [3.63, 3.8) is 0 Å². The molecular weight excluding hydrogens is 245 g/mol. The lowest BCUT2D eigenvalue weighted by Gasteiger charge is -2.33. The van der Waals surface area contributed by atoms with Crippen molar-refractivity contribution in [2.45, 2.75) is 25.8 Å². The van der Waals surface area contributed by atoms with Crippen molar-refractivity contribution in [1.29, 1.82) is 0 Å². The van der Waals surface area contributed by atoms with E-state index in [4.69, 9.17) is 5.84 Å². The van der Waals surface area contributed by atoms with Crippen LogP contribution in [0.2, 0.25) is 0 Å². The number of amidine groups is 1. The van der Waals surface area contributed by atoms with Crippen molar-refractivity contribution in [1.82, 2.24) is 5.43 Å². The summed E-state index contributed by atoms with van der Waals surface area (Å²) < 4.78 is 39.0. The van der Waals surface area contributed by atoms with Crippen LogP contribution in [-0.4, -0.2) is 11.4 Å². The number of alkyl halides is 2. The third kappa shape index (κ3) is 2.01. The van der Waals surface area contributed by atoms with Crippen LogP contribution in [0.15, 0.2) is 17.1 Å². The number of fused-ring (bicyclic) bond motifs is 1. The molecule has 0 fully saturated rings. The summed E-state index contributed by atoms with van der Waals surface area (Å²) in [4.78, 5) is 4.05. The Morgan fingerprint density at radius 2 is 2.06 bits per heavy atom. The Morgan fingerprint density at radius 3 is 2.61 bits per heavy atom. The number of benzene rings is 1. The number of hydrogen-bond donors (Lipinski definition) is 3. The first-order chi connectivity index (χ1) is 8.35. The highest BCUT2D eigenvalue weighted by Gasteiger charge is 2.32. The molecule has 1 aliphatic heterocycles. The van der Waals surface area contributed by atoms with Gasteiger partial charge in [-0.25, -0.2) is 24.0 Å². The molecule has 0 radical (unpaired) electrons. The van der Waals surface area contributed by atoms with Crippen LogP contribution in [0.4, 0.5) is 24.5 Å². The van der Waals surface area contributed by atoms with Gasteiger partial charge in [0.2, 0.25) is 0 Å². The van der Waals surface area contributed by atoms with Crippen molar-refractivity contribution >= 4 is 17.2 Å². The van der Waals surface area contributed by atoms with E-state index in [1.165, 1.54) is 0 Å². The Labute approximate surface area is 102 Å². The van der Waals surface area contributed by atoms with Gasteiger partial charge in [0.25, 0.3) is 6.43 Å². The minimum Gasteiger partial charge on any atom is -0.371 e. The molecular formula is C11H13F3N4. The molecule has 0 saturated carbocycles. The van der Waals surface area contributed by atoms with Crippen LogP contribution >= 0.6 is 0 Å². The maximum atomic E-state index is 13.3. The van der Waals surface area contributed by atoms with Crippen molar-refractivity contribution in [2.75, 3.05) is 5.32 Å². The maximum absolute atomic E-state index is 13.3. The second-order valence-corrected chi connectivity index (χ2v) is 4.55. The first-order valence-electron chi connectivity index (χ1n) is 5.30. The maximum Gasteiger partial charge on any atom is 0.266 e. The molecule has 7 heteroatoms. The molecule has 1 aromatic rings. The van der Waals surface area contributed by atoms with Crippen molar-refractivity contribution in [3.05, 3.63) is 23.5 Å². The lowest BCUT2D eigenvalue weighted by molar-refractivity contribution is 0.151. The van der Waals surface area contributed by atoms with E-state index in [9.17, 15) is 13.2 Å². The van der Waals surface area contributed by atoms with E-state index in [1.807, 2.05) is 0 Å². The predicted molar refractivity (Wildman–Crippen MR) is 63.5 cm³/mol. The van der Waals surface area contributed by atoms with Crippen LogP contribution in [0.1, 0.15) is 25.8 Å². The molecule has 1 aliphatic rings. The molecule has 4 N–H and O–H groups in total. The largest absolute Gasteiger partial charge is 0.371 e. The number of anilines is 1. The first-order valence-corrected chi connectivity index (χ1v) is 5.30. The van der Waals surface area contributed by atoms with Crippen LogP contribution in [0.3, 0.4) is 0 Å². The van der Waals surface area contributed by atoms with E-state index in [2.05, 4.69) is 15.7 Å². The average Bonchev–Trinajstić information content (AvgIpc) is 2.25. The van der Waals surface area contributed by atoms with Gasteiger partial charge in [-0.2, -0.15) is 0 Å². The molecule has 0 amide bonds. The first kappa shape index (κ1) is 12.7. The third-order valence-electron chi connectivity index (χ3n) is 2.74. The number of hydrazine groups is 1. The highest BCUT2D eigenvalue weighted by molar-refractivity contribution is 5.99. The highest BCUT2D eigenvalue weighted by Crippen LogP contribution is 2.40. The lowest BCUT2D eigenvalue weighted by Crippen LogP contribution is -2.51. The Morgan fingerprint density at radius 1 is 1.39 bits per heavy atom. The van der Waals surface area contributed by atoms with Gasteiger partial charge in [0.15, 0.2) is 0 Å². The summed E-state index contributed by atoms with van der Waals surface area (Å²) in [6.07, 6.45) is -2.81. The molecule has 0 unspecified atom stereocenters. The van der Waals surface area contributed by atoms with E-state index < -0.39 is 23.3 Å². The Bertz CT molecular complexity index is 511. The number of nitrogens with one attached hydrogen (secondary N) is 2. The van der Waals surface area contributed by atoms with Crippen molar-refractivity contribution in [3.8, 4) is 0 Å². The van der Waals surface area contributed by atoms with Crippen LogP contribution in [0, 0.1) is 5.82 Å². The molecule has 4 nitrogen and oxygen atoms in total. The zero-order valence-electron chi connectivity index (χ0n) is 9.89. The van der Waals surface area contributed by atoms with Crippen LogP contribution in [-0.2, 0) is 0 Å². The zero-order valence-corrected chi connectivity index (χ0v) is 9.89. The summed E-state index contributed by atoms with van der Waals surface area (Å²) in [7, 11) is 0. The van der Waals surface area contributed by atoms with E-state index in [0.29, 0.717) is 5.84 Å². The van der Waals surface area contributed by atoms with E-state index in [-0.39, 0.29) is 11.4 Å². The number of aliphatic imine (C=N–C) groups is 1. The topological polar surface area (TPSA) is 62.4 Å². The fourth-order valence-electron chi connectivity index (χ4n) is 1.87. The highest BCUT2D eigenvalue weighted by atomic mass is 19.3. The van der Waals surface area contributed by atoms with Gasteiger partial charge in [-0.3, -0.25) is 0 Å². The van der Waals surface area contributed by atoms with Gasteiger partial charge in [0.05, 0.1) is 16.9 Å². The average molecular weight is 258 g/mol. The number of nitrogens with two attached hydrogens (primary N) is 1. The van der Waals surface area contributed by atoms with Gasteiger partial charge < -0.3 is 10.7 Å². The molecule has 2 rings (SSSR count). The van der Waals surface area contributed by atoms with Gasteiger partial charge in [0, 0.05) is 5.56 Å². The minimum absolute atomic E-state index is 0.0127. The summed E-state index contributed by atoms with van der Waals surface area (Å²) in [6, 6.07) is 1.92. The summed E-state index contributed by atoms with van der Waals surface area (Å²) in [6.45, 7) is 3.50. The second-order valence-electron chi connectivity index (χ2n) is 4.55. The SMILES string of the molecule is CC1(C)Nc2cc(F)cc(C(F)F)c2N=C1NN. The fourth-order valence-corrected chi connectivity index (χ4v) is 1.87. The molecule has 0 aromatic heterocycles. The number of halogens is 3. The fraction of sp³-hybridized carbons (Fsp3) is 0.364. The molecule has 0 saturated heterocycles. The summed E-state index contributed by atoms with van der Waals surface area (Å²) in [5, 5.41) is 2.93. The quantitative estimate of drug-likeness (QED) is 0.535. The number of hydrogen-bond acceptors (Lipinski definition) is 4.